The van der Waals surface area contributed by atoms with E-state index in [4.69, 9.17) is 4.74 Å². The van der Waals surface area contributed by atoms with Crippen molar-refractivity contribution in [2.75, 3.05) is 13.1 Å². The maximum absolute atomic E-state index is 12.8. The molecule has 1 fully saturated rings. The lowest BCUT2D eigenvalue weighted by Crippen LogP contribution is -2.57. The Morgan fingerprint density at radius 3 is 2.39 bits per heavy atom. The standard InChI is InChI=1S/C21H30N2O5/c1-15-10-11-17(23(13-18(24)25)19(26)21(2,3)4)12-22(15)20(27)28-14-16-8-6-5-7-9-16/h5-9,15,17H,10-14H2,1-4H3,(H,24,25)/t15-,17+/m1/s1. The fraction of sp³-hybridized carbons (Fsp3) is 0.571. The Labute approximate surface area is 166 Å². The zero-order valence-electron chi connectivity index (χ0n) is 17.1. The summed E-state index contributed by atoms with van der Waals surface area (Å²) < 4.78 is 5.44. The van der Waals surface area contributed by atoms with Crippen molar-refractivity contribution >= 4 is 18.0 Å². The lowest BCUT2D eigenvalue weighted by Gasteiger charge is -2.43. The number of nitrogens with zero attached hydrogens (tertiary/aromatic N) is 2. The van der Waals surface area contributed by atoms with Crippen LogP contribution in [0.5, 0.6) is 0 Å². The van der Waals surface area contributed by atoms with Crippen LogP contribution in [0.25, 0.3) is 0 Å². The van der Waals surface area contributed by atoms with Gasteiger partial charge in [0.05, 0.1) is 6.04 Å². The fourth-order valence-electron chi connectivity index (χ4n) is 3.34. The van der Waals surface area contributed by atoms with E-state index in [0.717, 1.165) is 5.56 Å². The Bertz CT molecular complexity index is 698. The van der Waals surface area contributed by atoms with Gasteiger partial charge < -0.3 is 19.6 Å². The van der Waals surface area contributed by atoms with Crippen molar-refractivity contribution in [2.24, 2.45) is 5.41 Å². The molecule has 0 bridgehead atoms. The van der Waals surface area contributed by atoms with Gasteiger partial charge in [-0.2, -0.15) is 0 Å². The van der Waals surface area contributed by atoms with E-state index in [-0.39, 0.29) is 37.7 Å². The molecule has 7 heteroatoms. The van der Waals surface area contributed by atoms with Crippen molar-refractivity contribution in [3.63, 3.8) is 0 Å². The average Bonchev–Trinajstić information content (AvgIpc) is 2.64. The minimum absolute atomic E-state index is 0.0315. The molecule has 0 radical (unpaired) electrons. The van der Waals surface area contributed by atoms with E-state index in [1.54, 1.807) is 25.7 Å². The van der Waals surface area contributed by atoms with Crippen LogP contribution in [0.4, 0.5) is 4.79 Å². The number of piperidine rings is 1. The maximum atomic E-state index is 12.8. The third-order valence-corrected chi connectivity index (χ3v) is 4.95. The van der Waals surface area contributed by atoms with Gasteiger partial charge >= 0.3 is 12.1 Å². The first-order chi connectivity index (χ1) is 13.1. The van der Waals surface area contributed by atoms with E-state index < -0.39 is 17.5 Å². The molecule has 0 aromatic heterocycles. The number of hydrogen-bond donors (Lipinski definition) is 1. The molecule has 2 atom stereocenters. The van der Waals surface area contributed by atoms with Gasteiger partial charge in [-0.05, 0) is 25.3 Å². The molecule has 1 N–H and O–H groups in total. The SMILES string of the molecule is C[C@@H]1CC[C@H](N(CC(=O)O)C(=O)C(C)(C)C)CN1C(=O)OCc1ccccc1. The van der Waals surface area contributed by atoms with E-state index in [0.29, 0.717) is 12.8 Å². The van der Waals surface area contributed by atoms with Gasteiger partial charge in [0, 0.05) is 18.0 Å². The number of carboxylic acid groups (broad SMARTS) is 1. The number of rotatable bonds is 5. The summed E-state index contributed by atoms with van der Waals surface area (Å²) in [5.74, 6) is -1.29. The molecular weight excluding hydrogens is 360 g/mol. The molecule has 1 heterocycles. The van der Waals surface area contributed by atoms with Crippen LogP contribution in [0.1, 0.15) is 46.1 Å². The second-order valence-corrected chi connectivity index (χ2v) is 8.35. The molecule has 0 aliphatic carbocycles. The highest BCUT2D eigenvalue weighted by Gasteiger charge is 2.38. The Morgan fingerprint density at radius 1 is 1.18 bits per heavy atom. The van der Waals surface area contributed by atoms with E-state index in [9.17, 15) is 19.5 Å². The summed E-state index contributed by atoms with van der Waals surface area (Å²) in [6.45, 7) is 7.30. The van der Waals surface area contributed by atoms with Crippen LogP contribution in [-0.4, -0.2) is 58.0 Å². The Kier molecular flexibility index (Phi) is 7.05. The Hall–Kier alpha value is -2.57. The topological polar surface area (TPSA) is 87.2 Å². The van der Waals surface area contributed by atoms with Crippen LogP contribution in [0.2, 0.25) is 0 Å². The van der Waals surface area contributed by atoms with Crippen LogP contribution < -0.4 is 0 Å². The largest absolute Gasteiger partial charge is 0.480 e. The highest BCUT2D eigenvalue weighted by Crippen LogP contribution is 2.26. The number of carbonyl (C=O) groups excluding carboxylic acids is 2. The fourth-order valence-corrected chi connectivity index (χ4v) is 3.34. The lowest BCUT2D eigenvalue weighted by molar-refractivity contribution is -0.151. The van der Waals surface area contributed by atoms with Gasteiger partial charge in [-0.15, -0.1) is 0 Å². The molecule has 0 spiro atoms. The van der Waals surface area contributed by atoms with Crippen molar-refractivity contribution in [2.45, 2.75) is 59.2 Å². The van der Waals surface area contributed by atoms with Gasteiger partial charge in [-0.25, -0.2) is 4.79 Å². The van der Waals surface area contributed by atoms with Crippen LogP contribution in [0, 0.1) is 5.41 Å². The highest BCUT2D eigenvalue weighted by molar-refractivity contribution is 5.85. The number of aliphatic carboxylic acids is 1. The van der Waals surface area contributed by atoms with Crippen molar-refractivity contribution < 1.29 is 24.2 Å². The minimum Gasteiger partial charge on any atom is -0.480 e. The molecule has 154 valence electrons. The summed E-state index contributed by atoms with van der Waals surface area (Å²) in [4.78, 5) is 39.7. The van der Waals surface area contributed by atoms with E-state index in [1.807, 2.05) is 37.3 Å². The molecule has 0 unspecified atom stereocenters. The number of amides is 2. The zero-order chi connectivity index (χ0) is 20.9. The summed E-state index contributed by atoms with van der Waals surface area (Å²) in [6, 6.07) is 9.04. The van der Waals surface area contributed by atoms with Gasteiger partial charge in [-0.1, -0.05) is 51.1 Å². The highest BCUT2D eigenvalue weighted by atomic mass is 16.6. The molecule has 1 aromatic carbocycles. The second kappa shape index (κ2) is 9.08. The first-order valence-corrected chi connectivity index (χ1v) is 9.59. The Balaban J connectivity index is 2.09. The van der Waals surface area contributed by atoms with Gasteiger partial charge in [0.25, 0.3) is 0 Å². The average molecular weight is 390 g/mol. The van der Waals surface area contributed by atoms with Gasteiger partial charge in [0.15, 0.2) is 0 Å². The molecule has 2 rings (SSSR count). The first kappa shape index (κ1) is 21.7. The quantitative estimate of drug-likeness (QED) is 0.835. The van der Waals surface area contributed by atoms with Gasteiger partial charge in [0.2, 0.25) is 5.91 Å². The zero-order valence-corrected chi connectivity index (χ0v) is 17.1. The summed E-state index contributed by atoms with van der Waals surface area (Å²) in [6.07, 6.45) is 0.886. The predicted molar refractivity (Wildman–Crippen MR) is 105 cm³/mol. The minimum atomic E-state index is -1.06. The normalized spacial score (nSPS) is 19.8. The molecule has 0 saturated carbocycles. The molecule has 1 saturated heterocycles. The smallest absolute Gasteiger partial charge is 0.410 e. The van der Waals surface area contributed by atoms with Crippen LogP contribution in [0.3, 0.4) is 0 Å². The van der Waals surface area contributed by atoms with Gasteiger partial charge in [-0.3, -0.25) is 9.59 Å². The van der Waals surface area contributed by atoms with Crippen LogP contribution >= 0.6 is 0 Å². The van der Waals surface area contributed by atoms with E-state index in [1.165, 1.54) is 4.90 Å². The number of carbonyl (C=O) groups is 3. The molecule has 28 heavy (non-hydrogen) atoms. The third-order valence-electron chi connectivity index (χ3n) is 4.95. The molecule has 1 aromatic rings. The van der Waals surface area contributed by atoms with Crippen LogP contribution in [0.15, 0.2) is 30.3 Å². The van der Waals surface area contributed by atoms with Crippen molar-refractivity contribution in [1.82, 2.24) is 9.80 Å². The summed E-state index contributed by atoms with van der Waals surface area (Å²) in [5, 5.41) is 9.27. The van der Waals surface area contributed by atoms with Crippen molar-refractivity contribution in [3.05, 3.63) is 35.9 Å². The summed E-state index contributed by atoms with van der Waals surface area (Å²) >= 11 is 0. The number of hydrogen-bond acceptors (Lipinski definition) is 4. The van der Waals surface area contributed by atoms with Gasteiger partial charge in [0.1, 0.15) is 13.2 Å². The maximum Gasteiger partial charge on any atom is 0.410 e. The molecule has 1 aliphatic heterocycles. The summed E-state index contributed by atoms with van der Waals surface area (Å²) in [7, 11) is 0. The predicted octanol–water partition coefficient (Wildman–Crippen LogP) is 3.14. The lowest BCUT2D eigenvalue weighted by atomic mass is 9.91. The number of benzene rings is 1. The van der Waals surface area contributed by atoms with Crippen molar-refractivity contribution in [3.8, 4) is 0 Å². The summed E-state index contributed by atoms with van der Waals surface area (Å²) in [5.41, 5.74) is 0.199. The molecule has 2 amide bonds. The number of carboxylic acids is 1. The third kappa shape index (κ3) is 5.71. The molecule has 7 nitrogen and oxygen atoms in total. The Morgan fingerprint density at radius 2 is 1.82 bits per heavy atom. The number of likely N-dealkylation sites (tertiary alicyclic amines) is 1. The first-order valence-electron chi connectivity index (χ1n) is 9.59. The van der Waals surface area contributed by atoms with E-state index >= 15 is 0 Å². The van der Waals surface area contributed by atoms with Crippen molar-refractivity contribution in [1.29, 1.82) is 0 Å². The number of ether oxygens (including phenoxy) is 1. The molecular formula is C21H30N2O5. The molecule has 1 aliphatic rings. The second-order valence-electron chi connectivity index (χ2n) is 8.35. The van der Waals surface area contributed by atoms with Crippen LogP contribution in [-0.2, 0) is 20.9 Å². The van der Waals surface area contributed by atoms with E-state index in [2.05, 4.69) is 0 Å². The monoisotopic (exact) mass is 390 g/mol.